The summed E-state index contributed by atoms with van der Waals surface area (Å²) in [4.78, 5) is 26.5. The lowest BCUT2D eigenvalue weighted by Crippen LogP contribution is -2.37. The van der Waals surface area contributed by atoms with E-state index >= 15 is 0 Å². The van der Waals surface area contributed by atoms with Crippen molar-refractivity contribution < 1.29 is 19.1 Å². The van der Waals surface area contributed by atoms with Crippen LogP contribution >= 0.6 is 0 Å². The van der Waals surface area contributed by atoms with Crippen molar-refractivity contribution >= 4 is 12.5 Å². The Bertz CT molecular complexity index is 645. The summed E-state index contributed by atoms with van der Waals surface area (Å²) in [7, 11) is 0. The molecular formula is C19H26N2O4. The van der Waals surface area contributed by atoms with E-state index in [0.717, 1.165) is 49.2 Å². The fourth-order valence-corrected chi connectivity index (χ4v) is 3.19. The molecule has 0 spiro atoms. The minimum absolute atomic E-state index is 0.137. The molecule has 0 N–H and O–H groups in total. The molecule has 2 heterocycles. The van der Waals surface area contributed by atoms with Gasteiger partial charge in [-0.3, -0.25) is 9.69 Å². The third kappa shape index (κ3) is 4.44. The number of rotatable bonds is 3. The van der Waals surface area contributed by atoms with Crippen molar-refractivity contribution in [1.29, 1.82) is 0 Å². The molecule has 0 bridgehead atoms. The highest BCUT2D eigenvalue weighted by molar-refractivity contribution is 5.69. The molecule has 6 nitrogen and oxygen atoms in total. The standard InChI is InChI=1S/C19H26N2O4/c1-19(2,3)25-18(23)21-11-14-4-5-17(10-15(14)12-21)24-16-6-8-20(13-22)9-7-16/h4-5,10,13,16H,6-9,11-12H2,1-3H3. The van der Waals surface area contributed by atoms with E-state index in [1.807, 2.05) is 39.0 Å². The Balaban J connectivity index is 1.59. The smallest absolute Gasteiger partial charge is 0.410 e. The molecule has 0 radical (unpaired) electrons. The molecule has 136 valence electrons. The minimum Gasteiger partial charge on any atom is -0.490 e. The zero-order valence-electron chi connectivity index (χ0n) is 15.2. The first-order chi connectivity index (χ1) is 11.8. The van der Waals surface area contributed by atoms with Crippen LogP contribution in [0.1, 0.15) is 44.7 Å². The zero-order chi connectivity index (χ0) is 18.0. The first kappa shape index (κ1) is 17.6. The Morgan fingerprint density at radius 1 is 1.16 bits per heavy atom. The fourth-order valence-electron chi connectivity index (χ4n) is 3.19. The number of hydrogen-bond donors (Lipinski definition) is 0. The highest BCUT2D eigenvalue weighted by Gasteiger charge is 2.28. The monoisotopic (exact) mass is 346 g/mol. The normalized spacial score (nSPS) is 18.0. The molecule has 2 amide bonds. The first-order valence-corrected chi connectivity index (χ1v) is 8.80. The second-order valence-corrected chi connectivity index (χ2v) is 7.73. The Labute approximate surface area is 148 Å². The number of fused-ring (bicyclic) bond motifs is 1. The highest BCUT2D eigenvalue weighted by Crippen LogP contribution is 2.29. The van der Waals surface area contributed by atoms with Crippen LogP contribution in [0.3, 0.4) is 0 Å². The molecule has 0 aromatic heterocycles. The van der Waals surface area contributed by atoms with Gasteiger partial charge in [0.15, 0.2) is 0 Å². The Morgan fingerprint density at radius 3 is 2.48 bits per heavy atom. The van der Waals surface area contributed by atoms with Gasteiger partial charge in [-0.15, -0.1) is 0 Å². The van der Waals surface area contributed by atoms with Gasteiger partial charge in [-0.2, -0.15) is 0 Å². The van der Waals surface area contributed by atoms with Crippen LogP contribution in [0.2, 0.25) is 0 Å². The van der Waals surface area contributed by atoms with Gasteiger partial charge in [0.1, 0.15) is 17.5 Å². The average Bonchev–Trinajstić information content (AvgIpc) is 2.97. The van der Waals surface area contributed by atoms with Gasteiger partial charge in [0.05, 0.1) is 0 Å². The number of nitrogens with zero attached hydrogens (tertiary/aromatic N) is 2. The maximum Gasteiger partial charge on any atom is 0.410 e. The van der Waals surface area contributed by atoms with Crippen LogP contribution in [0.15, 0.2) is 18.2 Å². The molecule has 1 saturated heterocycles. The van der Waals surface area contributed by atoms with Crippen molar-refractivity contribution in [2.45, 2.75) is 58.4 Å². The number of hydrogen-bond acceptors (Lipinski definition) is 4. The van der Waals surface area contributed by atoms with Gasteiger partial charge < -0.3 is 14.4 Å². The van der Waals surface area contributed by atoms with Crippen molar-refractivity contribution in [3.8, 4) is 5.75 Å². The van der Waals surface area contributed by atoms with Crippen LogP contribution in [-0.2, 0) is 22.6 Å². The molecule has 0 aliphatic carbocycles. The molecule has 25 heavy (non-hydrogen) atoms. The van der Waals surface area contributed by atoms with Gasteiger partial charge in [-0.25, -0.2) is 4.79 Å². The van der Waals surface area contributed by atoms with Crippen LogP contribution in [0.4, 0.5) is 4.79 Å². The maximum atomic E-state index is 12.2. The number of carbonyl (C=O) groups excluding carboxylic acids is 2. The minimum atomic E-state index is -0.490. The predicted molar refractivity (Wildman–Crippen MR) is 93.2 cm³/mol. The van der Waals surface area contributed by atoms with E-state index in [1.165, 1.54) is 0 Å². The number of ether oxygens (including phenoxy) is 2. The molecule has 0 unspecified atom stereocenters. The van der Waals surface area contributed by atoms with Gasteiger partial charge in [0, 0.05) is 39.0 Å². The quantitative estimate of drug-likeness (QED) is 0.790. The van der Waals surface area contributed by atoms with Gasteiger partial charge in [0.25, 0.3) is 0 Å². The Kier molecular flexibility index (Phi) is 4.88. The van der Waals surface area contributed by atoms with Crippen molar-refractivity contribution in [3.05, 3.63) is 29.3 Å². The van der Waals surface area contributed by atoms with Crippen LogP contribution < -0.4 is 4.74 Å². The zero-order valence-corrected chi connectivity index (χ0v) is 15.2. The summed E-state index contributed by atoms with van der Waals surface area (Å²) in [5, 5.41) is 0. The van der Waals surface area contributed by atoms with Crippen molar-refractivity contribution in [1.82, 2.24) is 9.80 Å². The summed E-state index contributed by atoms with van der Waals surface area (Å²) in [6.07, 6.45) is 2.45. The molecule has 2 aliphatic heterocycles. The number of piperidine rings is 1. The summed E-state index contributed by atoms with van der Waals surface area (Å²) in [5.74, 6) is 0.828. The number of likely N-dealkylation sites (tertiary alicyclic amines) is 1. The van der Waals surface area contributed by atoms with E-state index in [9.17, 15) is 9.59 Å². The fraction of sp³-hybridized carbons (Fsp3) is 0.579. The molecular weight excluding hydrogens is 320 g/mol. The van der Waals surface area contributed by atoms with E-state index in [2.05, 4.69) is 0 Å². The maximum absolute atomic E-state index is 12.2. The number of amides is 2. The van der Waals surface area contributed by atoms with Crippen molar-refractivity contribution in [2.75, 3.05) is 13.1 Å². The van der Waals surface area contributed by atoms with Crippen LogP contribution in [0.25, 0.3) is 0 Å². The second-order valence-electron chi connectivity index (χ2n) is 7.73. The van der Waals surface area contributed by atoms with Gasteiger partial charge in [-0.1, -0.05) is 6.07 Å². The van der Waals surface area contributed by atoms with Crippen molar-refractivity contribution in [2.24, 2.45) is 0 Å². The van der Waals surface area contributed by atoms with E-state index in [-0.39, 0.29) is 12.2 Å². The summed E-state index contributed by atoms with van der Waals surface area (Å²) in [6, 6.07) is 6.00. The second kappa shape index (κ2) is 6.94. The van der Waals surface area contributed by atoms with Crippen LogP contribution in [0.5, 0.6) is 5.75 Å². The van der Waals surface area contributed by atoms with Gasteiger partial charge >= 0.3 is 6.09 Å². The Morgan fingerprint density at radius 2 is 1.84 bits per heavy atom. The summed E-state index contributed by atoms with van der Waals surface area (Å²) >= 11 is 0. The summed E-state index contributed by atoms with van der Waals surface area (Å²) < 4.78 is 11.5. The topological polar surface area (TPSA) is 59.1 Å². The van der Waals surface area contributed by atoms with E-state index in [1.54, 1.807) is 9.80 Å². The van der Waals surface area contributed by atoms with Crippen molar-refractivity contribution in [3.63, 3.8) is 0 Å². The van der Waals surface area contributed by atoms with Crippen LogP contribution in [-0.4, -0.2) is 47.1 Å². The molecule has 2 aliphatic rings. The average molecular weight is 346 g/mol. The molecule has 1 aromatic rings. The number of benzene rings is 1. The van der Waals surface area contributed by atoms with E-state index < -0.39 is 5.60 Å². The molecule has 0 saturated carbocycles. The molecule has 3 rings (SSSR count). The molecule has 1 aromatic carbocycles. The third-order valence-corrected chi connectivity index (χ3v) is 4.48. The lowest BCUT2D eigenvalue weighted by atomic mass is 10.1. The summed E-state index contributed by atoms with van der Waals surface area (Å²) in [5.41, 5.74) is 1.75. The largest absolute Gasteiger partial charge is 0.490 e. The number of carbonyl (C=O) groups is 2. The van der Waals surface area contributed by atoms with E-state index in [0.29, 0.717) is 13.1 Å². The third-order valence-electron chi connectivity index (χ3n) is 4.48. The lowest BCUT2D eigenvalue weighted by Gasteiger charge is -2.29. The molecule has 0 atom stereocenters. The lowest BCUT2D eigenvalue weighted by molar-refractivity contribution is -0.119. The molecule has 1 fully saturated rings. The van der Waals surface area contributed by atoms with Gasteiger partial charge in [-0.05, 0) is 44.0 Å². The molecule has 6 heteroatoms. The van der Waals surface area contributed by atoms with E-state index in [4.69, 9.17) is 9.47 Å². The highest BCUT2D eigenvalue weighted by atomic mass is 16.6. The first-order valence-electron chi connectivity index (χ1n) is 8.80. The summed E-state index contributed by atoms with van der Waals surface area (Å²) in [6.45, 7) is 8.21. The van der Waals surface area contributed by atoms with Crippen LogP contribution in [0, 0.1) is 0 Å². The predicted octanol–water partition coefficient (Wildman–Crippen LogP) is 2.94. The SMILES string of the molecule is CC(C)(C)OC(=O)N1Cc2ccc(OC3CCN(C=O)CC3)cc2C1. The Hall–Kier alpha value is -2.24. The van der Waals surface area contributed by atoms with Gasteiger partial charge in [0.2, 0.25) is 6.41 Å².